The Balaban J connectivity index is 2.06. The second-order valence-corrected chi connectivity index (χ2v) is 17.4. The van der Waals surface area contributed by atoms with Crippen LogP contribution >= 0.6 is 0 Å². The summed E-state index contributed by atoms with van der Waals surface area (Å²) in [6, 6.07) is 0. The number of hydrogen-bond acceptors (Lipinski definition) is 0. The standard InChI is InChI=1S/2C8H11.C2H4.Zr/c2*1-6-4-7(2)8(3)5-6;1-2;/h4,8H,1-3H3;4,6H,1-3H3;1-2H2;. The van der Waals surface area contributed by atoms with Crippen LogP contribution in [0.1, 0.15) is 41.5 Å². The van der Waals surface area contributed by atoms with Gasteiger partial charge in [-0.25, -0.2) is 0 Å². The van der Waals surface area contributed by atoms with Crippen LogP contribution in [0.4, 0.5) is 0 Å². The van der Waals surface area contributed by atoms with Crippen LogP contribution in [0.25, 0.3) is 0 Å². The molecule has 0 radical (unpaired) electrons. The minimum absolute atomic E-state index is 0.728. The summed E-state index contributed by atoms with van der Waals surface area (Å²) < 4.78 is 7.03. The SMILES string of the molecule is CC1=CC(C)[C]([Zr]2([C]3=C(C)C=C(C)C3C)[CH2][CH2]2)=C1C. The number of hydrogen-bond donors (Lipinski definition) is 0. The molecule has 3 rings (SSSR count). The van der Waals surface area contributed by atoms with Gasteiger partial charge in [-0.2, -0.15) is 0 Å². The summed E-state index contributed by atoms with van der Waals surface area (Å²) in [5.41, 5.74) is 6.45. The summed E-state index contributed by atoms with van der Waals surface area (Å²) in [6.45, 7) is 14.3. The van der Waals surface area contributed by atoms with Crippen LogP contribution in [0.3, 0.4) is 0 Å². The third-order valence-corrected chi connectivity index (χ3v) is 18.5. The van der Waals surface area contributed by atoms with Crippen molar-refractivity contribution < 1.29 is 20.3 Å². The van der Waals surface area contributed by atoms with E-state index < -0.39 is 20.3 Å². The fraction of sp³-hybridized carbons (Fsp3) is 0.556. The summed E-state index contributed by atoms with van der Waals surface area (Å²) in [5, 5.41) is 0. The number of rotatable bonds is 2. The molecule has 1 saturated heterocycles. The van der Waals surface area contributed by atoms with Gasteiger partial charge in [0.2, 0.25) is 0 Å². The first-order chi connectivity index (χ1) is 8.88. The third-order valence-electron chi connectivity index (χ3n) is 5.72. The van der Waals surface area contributed by atoms with E-state index in [1.54, 1.807) is 30.5 Å². The molecule has 102 valence electrons. The molecule has 1 aliphatic heterocycles. The van der Waals surface area contributed by atoms with Crippen molar-refractivity contribution in [3.05, 3.63) is 41.0 Å². The molecule has 2 unspecified atom stereocenters. The van der Waals surface area contributed by atoms with Gasteiger partial charge in [-0.1, -0.05) is 0 Å². The monoisotopic (exact) mass is 332 g/mol. The molecule has 1 heteroatoms. The van der Waals surface area contributed by atoms with Crippen molar-refractivity contribution in [3.63, 3.8) is 0 Å². The van der Waals surface area contributed by atoms with E-state index in [9.17, 15) is 0 Å². The minimum atomic E-state index is -2.13. The van der Waals surface area contributed by atoms with Crippen LogP contribution in [-0.4, -0.2) is 0 Å². The fourth-order valence-electron chi connectivity index (χ4n) is 4.65. The molecule has 2 atom stereocenters. The Hall–Kier alpha value is -0.157. The Morgan fingerprint density at radius 3 is 2.00 bits per heavy atom. The molecule has 0 spiro atoms. The topological polar surface area (TPSA) is 0 Å². The van der Waals surface area contributed by atoms with Gasteiger partial charge in [0.1, 0.15) is 0 Å². The molecular weight excluding hydrogens is 307 g/mol. The van der Waals surface area contributed by atoms with Crippen molar-refractivity contribution in [1.82, 2.24) is 0 Å². The second-order valence-electron chi connectivity index (χ2n) is 6.97. The third kappa shape index (κ3) is 1.88. The molecule has 0 N–H and O–H groups in total. The Labute approximate surface area is 122 Å². The molecule has 19 heavy (non-hydrogen) atoms. The van der Waals surface area contributed by atoms with E-state index in [2.05, 4.69) is 53.7 Å². The van der Waals surface area contributed by atoms with Crippen molar-refractivity contribution in [2.75, 3.05) is 0 Å². The molecule has 1 heterocycles. The van der Waals surface area contributed by atoms with E-state index in [1.807, 2.05) is 6.56 Å². The van der Waals surface area contributed by atoms with Gasteiger partial charge in [0.15, 0.2) is 0 Å². The van der Waals surface area contributed by atoms with Gasteiger partial charge in [-0.05, 0) is 0 Å². The Bertz CT molecular complexity index is 564. The normalized spacial score (nSPS) is 32.9. The zero-order chi connectivity index (χ0) is 13.9. The van der Waals surface area contributed by atoms with Gasteiger partial charge >= 0.3 is 123 Å². The van der Waals surface area contributed by atoms with Gasteiger partial charge in [0.05, 0.1) is 0 Å². The summed E-state index contributed by atoms with van der Waals surface area (Å²) in [6.07, 6.45) is 4.98. The van der Waals surface area contributed by atoms with Crippen molar-refractivity contribution in [2.24, 2.45) is 11.8 Å². The maximum absolute atomic E-state index is 2.51. The Kier molecular flexibility index (Phi) is 3.21. The predicted molar refractivity (Wildman–Crippen MR) is 80.9 cm³/mol. The molecule has 1 fully saturated rings. The van der Waals surface area contributed by atoms with Gasteiger partial charge in [0.25, 0.3) is 0 Å². The molecule has 0 aromatic rings. The average molecular weight is 334 g/mol. The first-order valence-corrected chi connectivity index (χ1v) is 13.6. The zero-order valence-corrected chi connectivity index (χ0v) is 15.7. The molecule has 0 bridgehead atoms. The molecule has 0 aromatic heterocycles. The van der Waals surface area contributed by atoms with Crippen LogP contribution in [0, 0.1) is 11.8 Å². The van der Waals surface area contributed by atoms with Crippen LogP contribution in [0.15, 0.2) is 41.0 Å². The van der Waals surface area contributed by atoms with Crippen molar-refractivity contribution >= 4 is 0 Å². The summed E-state index contributed by atoms with van der Waals surface area (Å²) in [7, 11) is 0. The summed E-state index contributed by atoms with van der Waals surface area (Å²) in [4.78, 5) is 0. The quantitative estimate of drug-likeness (QED) is 0.605. The zero-order valence-electron chi connectivity index (χ0n) is 13.2. The van der Waals surface area contributed by atoms with Crippen LogP contribution in [0.5, 0.6) is 0 Å². The fourth-order valence-corrected chi connectivity index (χ4v) is 21.5. The van der Waals surface area contributed by atoms with E-state index in [4.69, 9.17) is 0 Å². The molecular formula is C18H26Zr. The van der Waals surface area contributed by atoms with Gasteiger partial charge < -0.3 is 0 Å². The molecule has 0 saturated carbocycles. The first kappa shape index (κ1) is 13.8. The molecule has 0 amide bonds. The van der Waals surface area contributed by atoms with Crippen LogP contribution < -0.4 is 0 Å². The molecule has 0 nitrogen and oxygen atoms in total. The predicted octanol–water partition coefficient (Wildman–Crippen LogP) is 5.73. The van der Waals surface area contributed by atoms with Crippen molar-refractivity contribution in [1.29, 1.82) is 0 Å². The molecule has 2 aliphatic carbocycles. The molecule has 3 aliphatic rings. The first-order valence-electron chi connectivity index (χ1n) is 7.68. The van der Waals surface area contributed by atoms with E-state index >= 15 is 0 Å². The van der Waals surface area contributed by atoms with Crippen molar-refractivity contribution in [2.45, 2.75) is 49.8 Å². The Morgan fingerprint density at radius 2 is 1.63 bits per heavy atom. The summed E-state index contributed by atoms with van der Waals surface area (Å²) in [5.74, 6) is 1.47. The maximum atomic E-state index is 2.51. The van der Waals surface area contributed by atoms with Crippen LogP contribution in [0.2, 0.25) is 8.26 Å². The van der Waals surface area contributed by atoms with Gasteiger partial charge in [-0.3, -0.25) is 0 Å². The van der Waals surface area contributed by atoms with Gasteiger partial charge in [-0.15, -0.1) is 0 Å². The van der Waals surface area contributed by atoms with Crippen LogP contribution in [-0.2, 0) is 20.3 Å². The van der Waals surface area contributed by atoms with E-state index in [-0.39, 0.29) is 0 Å². The van der Waals surface area contributed by atoms with E-state index in [0.717, 1.165) is 11.8 Å². The number of allylic oxidation sites excluding steroid dienone is 8. The Morgan fingerprint density at radius 1 is 1.00 bits per heavy atom. The average Bonchev–Trinajstić information content (AvgIpc) is 2.98. The van der Waals surface area contributed by atoms with E-state index in [1.165, 1.54) is 0 Å². The van der Waals surface area contributed by atoms with Gasteiger partial charge in [0, 0.05) is 0 Å². The molecule has 0 aromatic carbocycles. The van der Waals surface area contributed by atoms with E-state index in [0.29, 0.717) is 0 Å². The second kappa shape index (κ2) is 4.42. The van der Waals surface area contributed by atoms with Crippen molar-refractivity contribution in [3.8, 4) is 0 Å². The summed E-state index contributed by atoms with van der Waals surface area (Å²) >= 11 is -2.13.